The van der Waals surface area contributed by atoms with E-state index in [1.54, 1.807) is 0 Å². The van der Waals surface area contributed by atoms with Crippen LogP contribution in [0.25, 0.3) is 16.2 Å². The zero-order chi connectivity index (χ0) is 9.38. The number of rotatable bonds is 1. The third-order valence-electron chi connectivity index (χ3n) is 3.05. The van der Waals surface area contributed by atoms with Crippen molar-refractivity contribution in [1.29, 1.82) is 0 Å². The van der Waals surface area contributed by atoms with Gasteiger partial charge in [-0.05, 0) is 17.5 Å². The second-order valence-electron chi connectivity index (χ2n) is 3.90. The molecule has 1 fully saturated rings. The van der Waals surface area contributed by atoms with E-state index in [4.69, 9.17) is 0 Å². The molecule has 2 heterocycles. The minimum atomic E-state index is 0. The van der Waals surface area contributed by atoms with E-state index in [9.17, 15) is 0 Å². The third kappa shape index (κ3) is 1.97. The number of para-hydroxylation sites is 1. The summed E-state index contributed by atoms with van der Waals surface area (Å²) < 4.78 is 0. The maximum atomic E-state index is 4.41. The first kappa shape index (κ1) is 11.1. The van der Waals surface area contributed by atoms with E-state index in [0.29, 0.717) is 5.92 Å². The molecule has 0 bridgehead atoms. The van der Waals surface area contributed by atoms with Crippen molar-refractivity contribution in [2.24, 2.45) is 0 Å². The number of hydrogen-bond donors (Lipinski definition) is 1. The summed E-state index contributed by atoms with van der Waals surface area (Å²) in [4.78, 5) is 3.32. The zero-order valence-corrected chi connectivity index (χ0v) is 12.8. The van der Waals surface area contributed by atoms with Crippen LogP contribution in [0, 0.1) is 0 Å². The first-order valence-corrected chi connectivity index (χ1v) is 5.14. The molecular formula is C12H13CdN2-. The van der Waals surface area contributed by atoms with Crippen LogP contribution < -0.4 is 0 Å². The van der Waals surface area contributed by atoms with E-state index in [2.05, 4.69) is 40.8 Å². The summed E-state index contributed by atoms with van der Waals surface area (Å²) in [6.45, 7) is 2.03. The molecule has 1 saturated heterocycles. The Kier molecular flexibility index (Phi) is 3.46. The topological polar surface area (TPSA) is 29.9 Å². The molecule has 1 N–H and O–H groups in total. The Balaban J connectivity index is 0.000000853. The average Bonchev–Trinajstić information content (AvgIpc) is 2.85. The first-order valence-electron chi connectivity index (χ1n) is 5.14. The number of benzene rings is 1. The van der Waals surface area contributed by atoms with Crippen molar-refractivity contribution in [3.63, 3.8) is 0 Å². The molecule has 0 amide bonds. The predicted molar refractivity (Wildman–Crippen MR) is 58.7 cm³/mol. The number of aromatic amines is 1. The Labute approximate surface area is 110 Å². The Morgan fingerprint density at radius 1 is 1.27 bits per heavy atom. The molecule has 1 unspecified atom stereocenters. The molecule has 0 saturated carbocycles. The molecule has 0 radical (unpaired) electrons. The van der Waals surface area contributed by atoms with Crippen molar-refractivity contribution in [3.05, 3.63) is 41.3 Å². The summed E-state index contributed by atoms with van der Waals surface area (Å²) in [6.07, 6.45) is 3.36. The molecule has 1 atom stereocenters. The van der Waals surface area contributed by atoms with Gasteiger partial charge in [0.2, 0.25) is 0 Å². The van der Waals surface area contributed by atoms with Gasteiger partial charge in [-0.1, -0.05) is 24.6 Å². The smallest absolute Gasteiger partial charge is 0.0456 e. The molecule has 3 heteroatoms. The minimum Gasteiger partial charge on any atom is -0.662 e. The molecule has 3 rings (SSSR count). The number of nitrogens with zero attached hydrogens (tertiary/aromatic N) is 1. The fraction of sp³-hybridized carbons (Fsp3) is 0.333. The van der Waals surface area contributed by atoms with Crippen LogP contribution in [0.15, 0.2) is 30.5 Å². The molecule has 2 nitrogen and oxygen atoms in total. The summed E-state index contributed by atoms with van der Waals surface area (Å²) in [5.41, 5.74) is 2.69. The van der Waals surface area contributed by atoms with Gasteiger partial charge in [-0.15, -0.1) is 13.1 Å². The number of H-pyrrole nitrogens is 1. The van der Waals surface area contributed by atoms with Gasteiger partial charge in [-0.25, -0.2) is 0 Å². The van der Waals surface area contributed by atoms with Crippen molar-refractivity contribution in [1.82, 2.24) is 4.98 Å². The van der Waals surface area contributed by atoms with Gasteiger partial charge >= 0.3 is 0 Å². The number of aromatic nitrogens is 1. The van der Waals surface area contributed by atoms with Gasteiger partial charge < -0.3 is 10.3 Å². The van der Waals surface area contributed by atoms with Crippen LogP contribution in [0.1, 0.15) is 17.9 Å². The summed E-state index contributed by atoms with van der Waals surface area (Å²) in [6, 6.07) is 8.50. The third-order valence-corrected chi connectivity index (χ3v) is 3.05. The molecule has 0 spiro atoms. The fourth-order valence-corrected chi connectivity index (χ4v) is 2.27. The van der Waals surface area contributed by atoms with E-state index in [0.717, 1.165) is 13.1 Å². The summed E-state index contributed by atoms with van der Waals surface area (Å²) in [5, 5.41) is 5.78. The second kappa shape index (κ2) is 4.65. The zero-order valence-electron chi connectivity index (χ0n) is 8.74. The van der Waals surface area contributed by atoms with Gasteiger partial charge in [-0.3, -0.25) is 0 Å². The standard InChI is InChI=1S/C12H13N2.Cd/c1-2-4-12-10(3-1)11(8-14-12)9-5-6-13-7-9;/h1-4,8-9,14H,5-7H2;/q-1;. The number of hydrogen-bond acceptors (Lipinski definition) is 0. The molecule has 74 valence electrons. The second-order valence-corrected chi connectivity index (χ2v) is 3.90. The Hall–Kier alpha value is -0.358. The van der Waals surface area contributed by atoms with E-state index < -0.39 is 0 Å². The van der Waals surface area contributed by atoms with Crippen molar-refractivity contribution >= 4 is 10.9 Å². The maximum absolute atomic E-state index is 4.41. The number of nitrogens with one attached hydrogen (secondary N) is 1. The average molecular weight is 298 g/mol. The van der Waals surface area contributed by atoms with E-state index >= 15 is 0 Å². The molecule has 2 aromatic rings. The van der Waals surface area contributed by atoms with E-state index in [1.807, 2.05) is 0 Å². The van der Waals surface area contributed by atoms with Crippen LogP contribution >= 0.6 is 0 Å². The van der Waals surface area contributed by atoms with E-state index in [-0.39, 0.29) is 27.3 Å². The van der Waals surface area contributed by atoms with Crippen LogP contribution in [-0.2, 0) is 27.3 Å². The van der Waals surface area contributed by atoms with Crippen molar-refractivity contribution < 1.29 is 27.3 Å². The van der Waals surface area contributed by atoms with Crippen LogP contribution in [0.5, 0.6) is 0 Å². The molecule has 1 aliphatic rings. The van der Waals surface area contributed by atoms with Crippen LogP contribution in [-0.4, -0.2) is 18.1 Å². The SMILES string of the molecule is [Cd].c1ccc2c(C3CC[N-]C3)c[nH]c2c1. The Morgan fingerprint density at radius 2 is 2.13 bits per heavy atom. The predicted octanol–water partition coefficient (Wildman–Crippen LogP) is 3.03. The fourth-order valence-electron chi connectivity index (χ4n) is 2.27. The maximum Gasteiger partial charge on any atom is 0.0456 e. The quantitative estimate of drug-likeness (QED) is 0.784. The Morgan fingerprint density at radius 3 is 2.93 bits per heavy atom. The molecule has 15 heavy (non-hydrogen) atoms. The molecular weight excluding hydrogens is 285 g/mol. The largest absolute Gasteiger partial charge is 0.662 e. The van der Waals surface area contributed by atoms with E-state index in [1.165, 1.54) is 22.9 Å². The molecule has 1 aliphatic heterocycles. The Bertz CT molecular complexity index is 444. The molecule has 0 aliphatic carbocycles. The summed E-state index contributed by atoms with van der Waals surface area (Å²) in [7, 11) is 0. The van der Waals surface area contributed by atoms with Crippen molar-refractivity contribution in [3.8, 4) is 0 Å². The van der Waals surface area contributed by atoms with Crippen LogP contribution in [0.3, 0.4) is 0 Å². The number of fused-ring (bicyclic) bond motifs is 1. The van der Waals surface area contributed by atoms with Crippen LogP contribution in [0.2, 0.25) is 0 Å². The summed E-state index contributed by atoms with van der Waals surface area (Å²) in [5.74, 6) is 0.645. The van der Waals surface area contributed by atoms with Gasteiger partial charge in [0.05, 0.1) is 0 Å². The molecule has 1 aromatic carbocycles. The normalized spacial score (nSPS) is 20.4. The van der Waals surface area contributed by atoms with Gasteiger partial charge in [-0.2, -0.15) is 0 Å². The van der Waals surface area contributed by atoms with Gasteiger partial charge in [0.1, 0.15) is 0 Å². The molecule has 1 aromatic heterocycles. The van der Waals surface area contributed by atoms with Gasteiger partial charge in [0.25, 0.3) is 0 Å². The van der Waals surface area contributed by atoms with Gasteiger partial charge in [0, 0.05) is 44.4 Å². The first-order chi connectivity index (χ1) is 6.95. The van der Waals surface area contributed by atoms with Crippen molar-refractivity contribution in [2.45, 2.75) is 12.3 Å². The monoisotopic (exact) mass is 299 g/mol. The summed E-state index contributed by atoms with van der Waals surface area (Å²) >= 11 is 0. The van der Waals surface area contributed by atoms with Crippen molar-refractivity contribution in [2.75, 3.05) is 13.1 Å². The minimum absolute atomic E-state index is 0. The van der Waals surface area contributed by atoms with Crippen LogP contribution in [0.4, 0.5) is 0 Å². The van der Waals surface area contributed by atoms with Gasteiger partial charge in [0.15, 0.2) is 0 Å².